The summed E-state index contributed by atoms with van der Waals surface area (Å²) in [5.41, 5.74) is 10.3. The van der Waals surface area contributed by atoms with E-state index in [1.807, 2.05) is 30.5 Å². The highest BCUT2D eigenvalue weighted by Gasteiger charge is 2.48. The van der Waals surface area contributed by atoms with Gasteiger partial charge in [-0.05, 0) is 29.3 Å². The molecule has 2 aliphatic rings. The summed E-state index contributed by atoms with van der Waals surface area (Å²) in [4.78, 5) is 16.5. The molecule has 0 unspecified atom stereocenters. The van der Waals surface area contributed by atoms with E-state index in [1.54, 1.807) is 20.4 Å². The van der Waals surface area contributed by atoms with E-state index in [2.05, 4.69) is 9.56 Å². The highest BCUT2D eigenvalue weighted by atomic mass is 16.5. The Hall–Kier alpha value is -2.89. The lowest BCUT2D eigenvalue weighted by Gasteiger charge is -2.19. The zero-order valence-electron chi connectivity index (χ0n) is 14.9. The molecule has 2 aromatic rings. The van der Waals surface area contributed by atoms with Crippen LogP contribution in [0.4, 0.5) is 0 Å². The van der Waals surface area contributed by atoms with E-state index < -0.39 is 0 Å². The summed E-state index contributed by atoms with van der Waals surface area (Å²) in [6.45, 7) is 0.766. The lowest BCUT2D eigenvalue weighted by Crippen LogP contribution is -2.42. The van der Waals surface area contributed by atoms with Crippen LogP contribution in [0, 0.1) is 0 Å². The van der Waals surface area contributed by atoms with Gasteiger partial charge in [-0.15, -0.1) is 0 Å². The molecule has 1 aromatic heterocycles. The van der Waals surface area contributed by atoms with Crippen LogP contribution in [0.1, 0.15) is 29.0 Å². The number of nitrogens with two attached hydrogens (primary N) is 1. The molecule has 2 atom stereocenters. The van der Waals surface area contributed by atoms with Crippen molar-refractivity contribution in [2.75, 3.05) is 20.8 Å². The summed E-state index contributed by atoms with van der Waals surface area (Å²) in [5, 5.41) is 0. The average molecular weight is 352 g/mol. The van der Waals surface area contributed by atoms with Gasteiger partial charge < -0.3 is 15.2 Å². The third kappa shape index (κ3) is 2.53. The number of fused-ring (bicyclic) bond motifs is 2. The fourth-order valence-electron chi connectivity index (χ4n) is 4.25. The van der Waals surface area contributed by atoms with Crippen molar-refractivity contribution in [3.63, 3.8) is 0 Å². The molecule has 1 aromatic carbocycles. The first-order valence-electron chi connectivity index (χ1n) is 8.71. The van der Waals surface area contributed by atoms with Crippen LogP contribution in [0.2, 0.25) is 0 Å². The van der Waals surface area contributed by atoms with Crippen LogP contribution in [0.3, 0.4) is 0 Å². The second-order valence-corrected chi connectivity index (χ2v) is 6.70. The van der Waals surface area contributed by atoms with Gasteiger partial charge in [0.15, 0.2) is 17.2 Å². The van der Waals surface area contributed by atoms with Gasteiger partial charge in [-0.1, -0.05) is 6.07 Å². The highest BCUT2D eigenvalue weighted by Crippen LogP contribution is 2.39. The predicted molar refractivity (Wildman–Crippen MR) is 97.1 cm³/mol. The highest BCUT2D eigenvalue weighted by molar-refractivity contribution is 6.02. The SMILES string of the molecule is COc1cc2c(cc1OC)C1=[N+](CC2)[C@@H](C(N)=O)[C@H](c2cccnc2)C1. The van der Waals surface area contributed by atoms with Crippen molar-refractivity contribution in [1.29, 1.82) is 0 Å². The molecule has 0 spiro atoms. The topological polar surface area (TPSA) is 77.5 Å². The number of primary amides is 1. The van der Waals surface area contributed by atoms with Gasteiger partial charge in [-0.25, -0.2) is 4.58 Å². The smallest absolute Gasteiger partial charge is 0.286 e. The van der Waals surface area contributed by atoms with Gasteiger partial charge in [0.1, 0.15) is 6.54 Å². The molecule has 0 saturated carbocycles. The van der Waals surface area contributed by atoms with Crippen molar-refractivity contribution in [3.8, 4) is 11.5 Å². The van der Waals surface area contributed by atoms with Crippen LogP contribution in [0.25, 0.3) is 0 Å². The molecule has 134 valence electrons. The number of ether oxygens (including phenoxy) is 2. The lowest BCUT2D eigenvalue weighted by molar-refractivity contribution is -0.547. The van der Waals surface area contributed by atoms with E-state index in [9.17, 15) is 4.79 Å². The molecule has 0 fully saturated rings. The number of amides is 1. The monoisotopic (exact) mass is 352 g/mol. The van der Waals surface area contributed by atoms with E-state index >= 15 is 0 Å². The summed E-state index contributed by atoms with van der Waals surface area (Å²) in [7, 11) is 3.28. The van der Waals surface area contributed by atoms with E-state index in [4.69, 9.17) is 15.2 Å². The third-order valence-electron chi connectivity index (χ3n) is 5.42. The van der Waals surface area contributed by atoms with Gasteiger partial charge in [0.05, 0.1) is 20.1 Å². The Morgan fingerprint density at radius 1 is 1.27 bits per heavy atom. The number of hydrogen-bond acceptors (Lipinski definition) is 4. The number of hydrogen-bond donors (Lipinski definition) is 1. The minimum Gasteiger partial charge on any atom is -0.493 e. The average Bonchev–Trinajstić information content (AvgIpc) is 3.07. The first kappa shape index (κ1) is 16.6. The molecule has 0 aliphatic carbocycles. The number of methoxy groups -OCH3 is 2. The molecule has 3 heterocycles. The van der Waals surface area contributed by atoms with E-state index in [0.29, 0.717) is 5.75 Å². The number of pyridine rings is 1. The summed E-state index contributed by atoms with van der Waals surface area (Å²) in [6.07, 6.45) is 5.16. The Bertz CT molecular complexity index is 893. The summed E-state index contributed by atoms with van der Waals surface area (Å²) in [6, 6.07) is 7.61. The molecule has 0 radical (unpaired) electrons. The van der Waals surface area contributed by atoms with Crippen LogP contribution in [-0.4, -0.2) is 48.0 Å². The van der Waals surface area contributed by atoms with Crippen LogP contribution in [0.5, 0.6) is 11.5 Å². The molecular weight excluding hydrogens is 330 g/mol. The molecule has 0 saturated heterocycles. The molecule has 26 heavy (non-hydrogen) atoms. The lowest BCUT2D eigenvalue weighted by atomic mass is 9.89. The fraction of sp³-hybridized carbons (Fsp3) is 0.350. The zero-order chi connectivity index (χ0) is 18.3. The van der Waals surface area contributed by atoms with Gasteiger partial charge in [0.25, 0.3) is 5.91 Å². The quantitative estimate of drug-likeness (QED) is 0.846. The van der Waals surface area contributed by atoms with Crippen LogP contribution >= 0.6 is 0 Å². The normalized spacial score (nSPS) is 21.2. The Kier molecular flexibility index (Phi) is 4.11. The largest absolute Gasteiger partial charge is 0.493 e. The molecule has 6 heteroatoms. The van der Waals surface area contributed by atoms with Gasteiger partial charge >= 0.3 is 0 Å². The minimum atomic E-state index is -0.351. The van der Waals surface area contributed by atoms with E-state index in [0.717, 1.165) is 42.0 Å². The molecule has 2 aliphatic heterocycles. The maximum absolute atomic E-state index is 12.3. The first-order chi connectivity index (χ1) is 12.6. The number of carbonyl (C=O) groups excluding carboxylic acids is 1. The zero-order valence-corrected chi connectivity index (χ0v) is 14.9. The van der Waals surface area contributed by atoms with E-state index in [1.165, 1.54) is 5.56 Å². The van der Waals surface area contributed by atoms with Gasteiger partial charge in [0.2, 0.25) is 6.04 Å². The van der Waals surface area contributed by atoms with Gasteiger partial charge in [-0.3, -0.25) is 9.78 Å². The van der Waals surface area contributed by atoms with Crippen LogP contribution < -0.4 is 15.2 Å². The Morgan fingerprint density at radius 3 is 2.69 bits per heavy atom. The van der Waals surface area contributed by atoms with Crippen LogP contribution in [-0.2, 0) is 11.2 Å². The standard InChI is InChI=1S/C20H21N3O3/c1-25-17-8-12-5-7-23-16(14(12)10-18(17)26-2)9-15(19(23)20(21)24)13-4-3-6-22-11-13/h3-4,6,8,10-11,15,19H,5,7,9H2,1-2H3,(H-,21,24)/p+1/t15-,19+/m0/s1. The van der Waals surface area contributed by atoms with Crippen molar-refractivity contribution >= 4 is 11.6 Å². The maximum atomic E-state index is 12.3. The molecule has 1 amide bonds. The second-order valence-electron chi connectivity index (χ2n) is 6.70. The molecule has 0 bridgehead atoms. The number of benzene rings is 1. The van der Waals surface area contributed by atoms with Crippen molar-refractivity contribution in [2.45, 2.75) is 24.8 Å². The summed E-state index contributed by atoms with van der Waals surface area (Å²) >= 11 is 0. The summed E-state index contributed by atoms with van der Waals surface area (Å²) < 4.78 is 13.1. The Morgan fingerprint density at radius 2 is 2.04 bits per heavy atom. The first-order valence-corrected chi connectivity index (χ1v) is 8.71. The number of rotatable bonds is 4. The fourth-order valence-corrected chi connectivity index (χ4v) is 4.25. The molecule has 6 nitrogen and oxygen atoms in total. The number of nitrogens with zero attached hydrogens (tertiary/aromatic N) is 2. The molecule has 2 N–H and O–H groups in total. The number of carbonyl (C=O) groups is 1. The maximum Gasteiger partial charge on any atom is 0.286 e. The van der Waals surface area contributed by atoms with Crippen molar-refractivity contribution in [2.24, 2.45) is 5.73 Å². The molecule has 4 rings (SSSR count). The Balaban J connectivity index is 1.82. The van der Waals surface area contributed by atoms with E-state index in [-0.39, 0.29) is 17.9 Å². The third-order valence-corrected chi connectivity index (χ3v) is 5.42. The van der Waals surface area contributed by atoms with Gasteiger partial charge in [-0.2, -0.15) is 0 Å². The van der Waals surface area contributed by atoms with Crippen LogP contribution in [0.15, 0.2) is 36.7 Å². The van der Waals surface area contributed by atoms with Crippen molar-refractivity contribution in [3.05, 3.63) is 53.3 Å². The Labute approximate surface area is 152 Å². The predicted octanol–water partition coefficient (Wildman–Crippen LogP) is 1.50. The van der Waals surface area contributed by atoms with Gasteiger partial charge in [0, 0.05) is 30.8 Å². The second kappa shape index (κ2) is 6.44. The van der Waals surface area contributed by atoms with Crippen molar-refractivity contribution in [1.82, 2.24) is 4.98 Å². The number of aromatic nitrogens is 1. The molecular formula is C20H22N3O3+. The minimum absolute atomic E-state index is 0.00949. The van der Waals surface area contributed by atoms with Crippen molar-refractivity contribution < 1.29 is 18.8 Å². The summed E-state index contributed by atoms with van der Waals surface area (Å²) in [5.74, 6) is 1.14.